The molecule has 0 aromatic heterocycles. The molecule has 0 bridgehead atoms. The fourth-order valence-electron chi connectivity index (χ4n) is 2.34. The van der Waals surface area contributed by atoms with Crippen LogP contribution in [-0.2, 0) is 27.9 Å². The number of hydrogen-bond acceptors (Lipinski definition) is 3. The maximum atomic E-state index is 12.7. The number of carbonyl (C=O) groups is 2. The van der Waals surface area contributed by atoms with Gasteiger partial charge >= 0.3 is 12.1 Å². The predicted molar refractivity (Wildman–Crippen MR) is 98.6 cm³/mol. The van der Waals surface area contributed by atoms with Crippen molar-refractivity contribution in [2.45, 2.75) is 24.8 Å². The van der Waals surface area contributed by atoms with Crippen molar-refractivity contribution in [1.82, 2.24) is 0 Å². The number of benzene rings is 2. The molecule has 2 aromatic carbocycles. The summed E-state index contributed by atoms with van der Waals surface area (Å²) in [6, 6.07) is 11.8. The minimum Gasteiger partial charge on any atom is -0.481 e. The van der Waals surface area contributed by atoms with Crippen LogP contribution in [0, 0.1) is 0 Å². The number of rotatable bonds is 8. The van der Waals surface area contributed by atoms with Crippen molar-refractivity contribution in [2.75, 3.05) is 11.1 Å². The van der Waals surface area contributed by atoms with E-state index in [1.54, 1.807) is 18.2 Å². The summed E-state index contributed by atoms with van der Waals surface area (Å²) in [4.78, 5) is 22.6. The Labute approximate surface area is 158 Å². The topological polar surface area (TPSA) is 66.4 Å². The molecule has 1 amide bonds. The lowest BCUT2D eigenvalue weighted by Crippen LogP contribution is -2.15. The van der Waals surface area contributed by atoms with Gasteiger partial charge in [-0.3, -0.25) is 9.59 Å². The number of carboxylic acid groups (broad SMARTS) is 1. The second kappa shape index (κ2) is 9.45. The Bertz CT molecular complexity index is 809. The number of thioether (sulfide) groups is 1. The van der Waals surface area contributed by atoms with Gasteiger partial charge in [0, 0.05) is 17.2 Å². The zero-order chi connectivity index (χ0) is 19.9. The number of alkyl halides is 3. The van der Waals surface area contributed by atoms with E-state index in [1.165, 1.54) is 23.9 Å². The molecule has 2 N–H and O–H groups in total. The molecular weight excluding hydrogens is 379 g/mol. The number of hydrogen-bond donors (Lipinski definition) is 2. The van der Waals surface area contributed by atoms with Crippen LogP contribution < -0.4 is 5.32 Å². The maximum Gasteiger partial charge on any atom is 0.416 e. The highest BCUT2D eigenvalue weighted by molar-refractivity contribution is 7.98. The van der Waals surface area contributed by atoms with Crippen molar-refractivity contribution in [3.05, 3.63) is 65.2 Å². The van der Waals surface area contributed by atoms with E-state index >= 15 is 0 Å². The van der Waals surface area contributed by atoms with Gasteiger partial charge in [0.15, 0.2) is 0 Å². The van der Waals surface area contributed by atoms with Crippen LogP contribution in [0.3, 0.4) is 0 Å². The number of halogens is 3. The maximum absolute atomic E-state index is 12.7. The van der Waals surface area contributed by atoms with Crippen molar-refractivity contribution in [2.24, 2.45) is 0 Å². The van der Waals surface area contributed by atoms with Crippen LogP contribution in [0.5, 0.6) is 0 Å². The van der Waals surface area contributed by atoms with Crippen molar-refractivity contribution in [1.29, 1.82) is 0 Å². The molecule has 0 saturated heterocycles. The van der Waals surface area contributed by atoms with Crippen LogP contribution >= 0.6 is 11.8 Å². The van der Waals surface area contributed by atoms with E-state index in [1.807, 2.05) is 6.07 Å². The summed E-state index contributed by atoms with van der Waals surface area (Å²) >= 11 is 1.47. The highest BCUT2D eigenvalue weighted by Crippen LogP contribution is 2.29. The first-order valence-electron chi connectivity index (χ1n) is 8.08. The van der Waals surface area contributed by atoms with Gasteiger partial charge in [-0.2, -0.15) is 24.9 Å². The first kappa shape index (κ1) is 20.8. The first-order chi connectivity index (χ1) is 12.7. The van der Waals surface area contributed by atoms with Gasteiger partial charge < -0.3 is 10.4 Å². The van der Waals surface area contributed by atoms with Crippen LogP contribution in [0.1, 0.15) is 23.1 Å². The molecule has 4 nitrogen and oxygen atoms in total. The van der Waals surface area contributed by atoms with Gasteiger partial charge in [0.1, 0.15) is 0 Å². The molecule has 0 aliphatic carbocycles. The van der Waals surface area contributed by atoms with Crippen molar-refractivity contribution in [3.8, 4) is 0 Å². The number of nitrogens with one attached hydrogen (secondary N) is 1. The summed E-state index contributed by atoms with van der Waals surface area (Å²) < 4.78 is 38.2. The molecule has 0 saturated carbocycles. The Kier molecular flexibility index (Phi) is 7.29. The summed E-state index contributed by atoms with van der Waals surface area (Å²) in [6.45, 7) is 0. The highest BCUT2D eigenvalue weighted by Gasteiger charge is 2.30. The number of carbonyl (C=O) groups excluding carboxylic acids is 1. The lowest BCUT2D eigenvalue weighted by Gasteiger charge is -2.10. The van der Waals surface area contributed by atoms with Crippen LogP contribution in [0.4, 0.5) is 18.9 Å². The fourth-order valence-corrected chi connectivity index (χ4v) is 3.22. The summed E-state index contributed by atoms with van der Waals surface area (Å²) in [7, 11) is 0. The molecule has 0 heterocycles. The summed E-state index contributed by atoms with van der Waals surface area (Å²) in [5.74, 6) is -0.172. The van der Waals surface area contributed by atoms with Crippen LogP contribution in [-0.4, -0.2) is 22.7 Å². The molecule has 2 aromatic rings. The first-order valence-corrected chi connectivity index (χ1v) is 9.24. The molecule has 0 unspecified atom stereocenters. The van der Waals surface area contributed by atoms with Crippen LogP contribution in [0.15, 0.2) is 48.5 Å². The average Bonchev–Trinajstić information content (AvgIpc) is 2.58. The van der Waals surface area contributed by atoms with E-state index in [-0.39, 0.29) is 18.4 Å². The lowest BCUT2D eigenvalue weighted by molar-refractivity contribution is -0.138. The molecule has 2 rings (SSSR count). The third kappa shape index (κ3) is 7.34. The Balaban J connectivity index is 1.92. The van der Waals surface area contributed by atoms with E-state index in [9.17, 15) is 22.8 Å². The summed E-state index contributed by atoms with van der Waals surface area (Å²) in [6.07, 6.45) is -4.53. The molecule has 0 aliphatic heterocycles. The van der Waals surface area contributed by atoms with Crippen molar-refractivity contribution < 1.29 is 27.9 Å². The second-order valence-electron chi connectivity index (χ2n) is 5.82. The predicted octanol–water partition coefficient (Wildman–Crippen LogP) is 4.59. The zero-order valence-corrected chi connectivity index (χ0v) is 15.1. The smallest absolute Gasteiger partial charge is 0.416 e. The lowest BCUT2D eigenvalue weighted by atomic mass is 10.1. The zero-order valence-electron chi connectivity index (χ0n) is 14.3. The Morgan fingerprint density at radius 1 is 1.04 bits per heavy atom. The molecule has 144 valence electrons. The van der Waals surface area contributed by atoms with Gasteiger partial charge in [-0.15, -0.1) is 0 Å². The molecule has 0 aliphatic rings. The van der Waals surface area contributed by atoms with E-state index in [2.05, 4.69) is 5.32 Å². The minimum absolute atomic E-state index is 0.0814. The Morgan fingerprint density at radius 3 is 2.44 bits per heavy atom. The van der Waals surface area contributed by atoms with Gasteiger partial charge in [0.05, 0.1) is 18.4 Å². The normalized spacial score (nSPS) is 11.2. The highest BCUT2D eigenvalue weighted by atomic mass is 32.2. The molecule has 27 heavy (non-hydrogen) atoms. The van der Waals surface area contributed by atoms with Crippen LogP contribution in [0.2, 0.25) is 0 Å². The number of amides is 1. The molecular formula is C19H18F3NO3S. The van der Waals surface area contributed by atoms with E-state index in [0.717, 1.165) is 17.7 Å². The van der Waals surface area contributed by atoms with Crippen LogP contribution in [0.25, 0.3) is 0 Å². The minimum atomic E-state index is -4.45. The van der Waals surface area contributed by atoms with E-state index in [0.29, 0.717) is 17.2 Å². The number of aliphatic carboxylic acids is 1. The van der Waals surface area contributed by atoms with E-state index in [4.69, 9.17) is 5.11 Å². The SMILES string of the molecule is O=C(O)CCSCc1cccc(NC(=O)Cc2cccc(C(F)(F)F)c2)c1. The third-order valence-corrected chi connectivity index (χ3v) is 4.59. The Hall–Kier alpha value is -2.48. The summed E-state index contributed by atoms with van der Waals surface area (Å²) in [5.41, 5.74) is 0.960. The number of anilines is 1. The van der Waals surface area contributed by atoms with Gasteiger partial charge in [-0.05, 0) is 29.3 Å². The van der Waals surface area contributed by atoms with Gasteiger partial charge in [-0.25, -0.2) is 0 Å². The summed E-state index contributed by atoms with van der Waals surface area (Å²) in [5, 5.41) is 11.3. The van der Waals surface area contributed by atoms with Crippen molar-refractivity contribution in [3.63, 3.8) is 0 Å². The van der Waals surface area contributed by atoms with Crippen molar-refractivity contribution >= 4 is 29.3 Å². The average molecular weight is 397 g/mol. The molecule has 0 atom stereocenters. The second-order valence-corrected chi connectivity index (χ2v) is 6.92. The largest absolute Gasteiger partial charge is 0.481 e. The van der Waals surface area contributed by atoms with E-state index < -0.39 is 23.6 Å². The molecule has 0 fully saturated rings. The van der Waals surface area contributed by atoms with Gasteiger partial charge in [-0.1, -0.05) is 30.3 Å². The third-order valence-electron chi connectivity index (χ3n) is 3.56. The Morgan fingerprint density at radius 2 is 1.74 bits per heavy atom. The quantitative estimate of drug-likeness (QED) is 0.639. The fraction of sp³-hybridized carbons (Fsp3) is 0.263. The molecule has 0 radical (unpaired) electrons. The van der Waals surface area contributed by atoms with Gasteiger partial charge in [0.2, 0.25) is 5.91 Å². The number of carboxylic acids is 1. The molecule has 8 heteroatoms. The molecule has 0 spiro atoms. The standard InChI is InChI=1S/C19H18F3NO3S/c20-19(21,22)15-5-1-3-13(9-15)11-17(24)23-16-6-2-4-14(10-16)12-27-8-7-18(25)26/h1-6,9-10H,7-8,11-12H2,(H,23,24)(H,25,26). The monoisotopic (exact) mass is 397 g/mol. The van der Waals surface area contributed by atoms with Gasteiger partial charge in [0.25, 0.3) is 0 Å².